The Kier molecular flexibility index (Phi) is 3.86. The fourth-order valence-corrected chi connectivity index (χ4v) is 0.806. The minimum absolute atomic E-state index is 0.0124. The molecule has 0 spiro atoms. The van der Waals surface area contributed by atoms with Gasteiger partial charge in [0.05, 0.1) is 13.2 Å². The number of carbonyl (C=O) groups excluding carboxylic acids is 1. The zero-order chi connectivity index (χ0) is 10.4. The number of amides is 1. The lowest BCUT2D eigenvalue weighted by Crippen LogP contribution is -2.25. The number of nitrogens with one attached hydrogen (secondary N) is 1. The van der Waals surface area contributed by atoms with Crippen LogP contribution in [0, 0.1) is 0 Å². The van der Waals surface area contributed by atoms with Gasteiger partial charge in [0.1, 0.15) is 12.9 Å². The van der Waals surface area contributed by atoms with Gasteiger partial charge in [-0.15, -0.1) is 0 Å². The molecule has 0 saturated carbocycles. The Morgan fingerprint density at radius 2 is 2.57 bits per heavy atom. The highest BCUT2D eigenvalue weighted by molar-refractivity contribution is 5.66. The summed E-state index contributed by atoms with van der Waals surface area (Å²) in [6.07, 6.45) is 0.947. The topological polar surface area (TPSA) is 89.3 Å². The van der Waals surface area contributed by atoms with E-state index in [9.17, 15) is 4.79 Å². The maximum Gasteiger partial charge on any atom is 0.407 e. The Morgan fingerprint density at radius 3 is 3.14 bits per heavy atom. The van der Waals surface area contributed by atoms with Crippen molar-refractivity contribution in [3.63, 3.8) is 0 Å². The first-order valence-electron chi connectivity index (χ1n) is 4.08. The second-order valence-corrected chi connectivity index (χ2v) is 2.55. The lowest BCUT2D eigenvalue weighted by molar-refractivity contribution is 0.118. The molecule has 1 amide bonds. The molecule has 1 rings (SSSR count). The minimum Gasteiger partial charge on any atom is -0.447 e. The van der Waals surface area contributed by atoms with Crippen molar-refractivity contribution in [1.29, 1.82) is 0 Å². The quantitative estimate of drug-likeness (QED) is 0.653. The Balaban J connectivity index is 2.23. The molecule has 2 N–H and O–H groups in total. The van der Waals surface area contributed by atoms with E-state index in [1.54, 1.807) is 7.05 Å². The molecule has 1 aromatic heterocycles. The number of ether oxygens (including phenoxy) is 1. The molecule has 1 aromatic rings. The van der Waals surface area contributed by atoms with Crippen molar-refractivity contribution in [2.24, 2.45) is 7.05 Å². The third-order valence-electron chi connectivity index (χ3n) is 1.36. The van der Waals surface area contributed by atoms with Crippen LogP contribution in [0.2, 0.25) is 0 Å². The monoisotopic (exact) mass is 200 g/mol. The SMILES string of the molecule is Cn1cnc(CNC(=O)OCCO)n1. The van der Waals surface area contributed by atoms with E-state index < -0.39 is 6.09 Å². The summed E-state index contributed by atoms with van der Waals surface area (Å²) in [5.41, 5.74) is 0. The van der Waals surface area contributed by atoms with Crippen molar-refractivity contribution in [3.8, 4) is 0 Å². The van der Waals surface area contributed by atoms with E-state index in [2.05, 4.69) is 20.1 Å². The minimum atomic E-state index is -0.591. The van der Waals surface area contributed by atoms with Crippen LogP contribution in [0.1, 0.15) is 5.82 Å². The summed E-state index contributed by atoms with van der Waals surface area (Å²) in [5, 5.41) is 14.8. The van der Waals surface area contributed by atoms with Crippen LogP contribution in [0.5, 0.6) is 0 Å². The van der Waals surface area contributed by atoms with Crippen LogP contribution >= 0.6 is 0 Å². The lowest BCUT2D eigenvalue weighted by atomic mass is 10.6. The van der Waals surface area contributed by atoms with Crippen molar-refractivity contribution in [1.82, 2.24) is 20.1 Å². The zero-order valence-corrected chi connectivity index (χ0v) is 7.80. The molecule has 7 heteroatoms. The van der Waals surface area contributed by atoms with Crippen molar-refractivity contribution in [2.45, 2.75) is 6.54 Å². The zero-order valence-electron chi connectivity index (χ0n) is 7.80. The fraction of sp³-hybridized carbons (Fsp3) is 0.571. The van der Waals surface area contributed by atoms with Crippen LogP contribution in [0.15, 0.2) is 6.33 Å². The second-order valence-electron chi connectivity index (χ2n) is 2.55. The Morgan fingerprint density at radius 1 is 1.79 bits per heavy atom. The number of alkyl carbamates (subject to hydrolysis) is 1. The first kappa shape index (κ1) is 10.5. The van der Waals surface area contributed by atoms with Gasteiger partial charge in [-0.2, -0.15) is 5.10 Å². The van der Waals surface area contributed by atoms with Gasteiger partial charge in [-0.3, -0.25) is 4.68 Å². The van der Waals surface area contributed by atoms with Crippen LogP contribution in [-0.4, -0.2) is 39.2 Å². The third-order valence-corrected chi connectivity index (χ3v) is 1.36. The molecule has 0 aliphatic heterocycles. The summed E-state index contributed by atoms with van der Waals surface area (Å²) in [7, 11) is 1.74. The van der Waals surface area contributed by atoms with Gasteiger partial charge < -0.3 is 15.2 Å². The van der Waals surface area contributed by atoms with Gasteiger partial charge in [-0.05, 0) is 0 Å². The molecule has 0 unspecified atom stereocenters. The van der Waals surface area contributed by atoms with Gasteiger partial charge in [0.2, 0.25) is 0 Å². The fourth-order valence-electron chi connectivity index (χ4n) is 0.806. The highest BCUT2D eigenvalue weighted by Gasteiger charge is 2.03. The number of aliphatic hydroxyl groups is 1. The predicted octanol–water partition coefficient (Wildman–Crippen LogP) is -0.966. The molecular weight excluding hydrogens is 188 g/mol. The highest BCUT2D eigenvalue weighted by atomic mass is 16.6. The van der Waals surface area contributed by atoms with E-state index in [1.165, 1.54) is 11.0 Å². The number of nitrogens with zero attached hydrogens (tertiary/aromatic N) is 3. The molecule has 0 saturated heterocycles. The maximum absolute atomic E-state index is 10.9. The van der Waals surface area contributed by atoms with E-state index in [0.29, 0.717) is 5.82 Å². The van der Waals surface area contributed by atoms with Crippen LogP contribution in [0.3, 0.4) is 0 Å². The van der Waals surface area contributed by atoms with Crippen molar-refractivity contribution < 1.29 is 14.6 Å². The smallest absolute Gasteiger partial charge is 0.407 e. The van der Waals surface area contributed by atoms with Crippen molar-refractivity contribution in [3.05, 3.63) is 12.2 Å². The molecule has 1 heterocycles. The van der Waals surface area contributed by atoms with Crippen LogP contribution in [0.4, 0.5) is 4.79 Å². The molecule has 0 bridgehead atoms. The Labute approximate surface area is 80.7 Å². The molecule has 78 valence electrons. The summed E-state index contributed by atoms with van der Waals surface area (Å²) in [4.78, 5) is 14.8. The first-order chi connectivity index (χ1) is 6.72. The lowest BCUT2D eigenvalue weighted by Gasteiger charge is -2.02. The number of aliphatic hydroxyl groups excluding tert-OH is 1. The number of hydrogen-bond donors (Lipinski definition) is 2. The normalized spacial score (nSPS) is 9.86. The Hall–Kier alpha value is -1.63. The predicted molar refractivity (Wildman–Crippen MR) is 46.3 cm³/mol. The summed E-state index contributed by atoms with van der Waals surface area (Å²) < 4.78 is 6.10. The average molecular weight is 200 g/mol. The molecular formula is C7H12N4O3. The standard InChI is InChI=1S/C7H12N4O3/c1-11-5-9-6(10-11)4-8-7(13)14-3-2-12/h5,12H,2-4H2,1H3,(H,8,13). The van der Waals surface area contributed by atoms with Gasteiger partial charge >= 0.3 is 6.09 Å². The third kappa shape index (κ3) is 3.40. The first-order valence-corrected chi connectivity index (χ1v) is 4.08. The van der Waals surface area contributed by atoms with E-state index in [0.717, 1.165) is 0 Å². The number of carbonyl (C=O) groups is 1. The number of hydrogen-bond acceptors (Lipinski definition) is 5. The molecule has 0 radical (unpaired) electrons. The molecule has 0 aliphatic rings. The van der Waals surface area contributed by atoms with Crippen molar-refractivity contribution in [2.75, 3.05) is 13.2 Å². The molecule has 14 heavy (non-hydrogen) atoms. The van der Waals surface area contributed by atoms with Gasteiger partial charge in [-0.1, -0.05) is 0 Å². The van der Waals surface area contributed by atoms with Crippen molar-refractivity contribution >= 4 is 6.09 Å². The summed E-state index contributed by atoms with van der Waals surface area (Å²) in [5.74, 6) is 0.508. The van der Waals surface area contributed by atoms with E-state index in [-0.39, 0.29) is 19.8 Å². The highest BCUT2D eigenvalue weighted by Crippen LogP contribution is 1.87. The van der Waals surface area contributed by atoms with Gasteiger partial charge in [0.15, 0.2) is 5.82 Å². The van der Waals surface area contributed by atoms with Crippen LogP contribution in [-0.2, 0) is 18.3 Å². The van der Waals surface area contributed by atoms with E-state index in [1.807, 2.05) is 0 Å². The summed E-state index contributed by atoms with van der Waals surface area (Å²) in [6, 6.07) is 0. The summed E-state index contributed by atoms with van der Waals surface area (Å²) in [6.45, 7) is 0.0157. The largest absolute Gasteiger partial charge is 0.447 e. The van der Waals surface area contributed by atoms with E-state index in [4.69, 9.17) is 5.11 Å². The number of aromatic nitrogens is 3. The average Bonchev–Trinajstić information content (AvgIpc) is 2.58. The van der Waals surface area contributed by atoms with Crippen LogP contribution in [0.25, 0.3) is 0 Å². The van der Waals surface area contributed by atoms with Crippen LogP contribution < -0.4 is 5.32 Å². The number of rotatable bonds is 4. The number of aryl methyl sites for hydroxylation is 1. The maximum atomic E-state index is 10.9. The molecule has 0 fully saturated rings. The molecule has 0 aliphatic carbocycles. The Bertz CT molecular complexity index is 299. The second kappa shape index (κ2) is 5.18. The molecule has 0 aromatic carbocycles. The van der Waals surface area contributed by atoms with E-state index >= 15 is 0 Å². The molecule has 0 atom stereocenters. The van der Waals surface area contributed by atoms with Gasteiger partial charge in [-0.25, -0.2) is 9.78 Å². The summed E-state index contributed by atoms with van der Waals surface area (Å²) >= 11 is 0. The van der Waals surface area contributed by atoms with Gasteiger partial charge in [0.25, 0.3) is 0 Å². The van der Waals surface area contributed by atoms with Gasteiger partial charge in [0, 0.05) is 7.05 Å². The molecule has 7 nitrogen and oxygen atoms in total.